The molecule has 0 unspecified atom stereocenters. The molecule has 0 radical (unpaired) electrons. The van der Waals surface area contributed by atoms with Crippen molar-refractivity contribution in [1.29, 1.82) is 0 Å². The van der Waals surface area contributed by atoms with Gasteiger partial charge in [0.05, 0.1) is 12.2 Å². The molecule has 126 valence electrons. The van der Waals surface area contributed by atoms with Crippen molar-refractivity contribution in [2.45, 2.75) is 6.92 Å². The smallest absolute Gasteiger partial charge is 0.360 e. The summed E-state index contributed by atoms with van der Waals surface area (Å²) in [5, 5.41) is 9.94. The van der Waals surface area contributed by atoms with Crippen LogP contribution in [0.1, 0.15) is 27.6 Å². The van der Waals surface area contributed by atoms with Gasteiger partial charge in [-0.3, -0.25) is 4.79 Å². The molecule has 8 heteroatoms. The maximum atomic E-state index is 11.7. The summed E-state index contributed by atoms with van der Waals surface area (Å²) < 4.78 is 4.90. The normalized spacial score (nSPS) is 9.48. The van der Waals surface area contributed by atoms with Gasteiger partial charge in [-0.1, -0.05) is 18.2 Å². The van der Waals surface area contributed by atoms with Crippen LogP contribution in [-0.4, -0.2) is 23.6 Å². The molecule has 1 N–H and O–H groups in total. The second-order valence-electron chi connectivity index (χ2n) is 4.69. The van der Waals surface area contributed by atoms with Gasteiger partial charge in [-0.05, 0) is 55.5 Å². The number of nitrogens with one attached hydrogen (secondary N) is 1. The molecule has 0 saturated carbocycles. The fraction of sp³-hybridized carbons (Fsp3) is 0.118. The minimum atomic E-state index is -0.508. The fourth-order valence-electron chi connectivity index (χ4n) is 1.79. The van der Waals surface area contributed by atoms with Crippen molar-refractivity contribution in [2.24, 2.45) is 10.2 Å². The van der Waals surface area contributed by atoms with Gasteiger partial charge < -0.3 is 10.1 Å². The number of amides is 1. The van der Waals surface area contributed by atoms with Crippen molar-refractivity contribution >= 4 is 34.9 Å². The molecule has 7 nitrogen and oxygen atoms in total. The van der Waals surface area contributed by atoms with E-state index in [4.69, 9.17) is 17.0 Å². The Balaban J connectivity index is 1.94. The van der Waals surface area contributed by atoms with Crippen LogP contribution in [0.15, 0.2) is 64.8 Å². The molecule has 0 saturated heterocycles. The third kappa shape index (κ3) is 5.72. The molecule has 1 amide bonds. The van der Waals surface area contributed by atoms with Crippen LogP contribution in [0.5, 0.6) is 0 Å². The van der Waals surface area contributed by atoms with Crippen LogP contribution < -0.4 is 10.2 Å². The zero-order valence-corrected chi connectivity index (χ0v) is 14.2. The minimum Gasteiger partial charge on any atom is -0.462 e. The Morgan fingerprint density at radius 1 is 1.04 bits per heavy atom. The molecule has 0 aliphatic carbocycles. The van der Waals surface area contributed by atoms with Gasteiger partial charge in [-0.15, -0.1) is 0 Å². The highest BCUT2D eigenvalue weighted by Gasteiger charge is 2.09. The molecular weight excluding hydrogens is 340 g/mol. The number of nitrogens with zero attached hydrogens (tertiary/aromatic N) is 3. The van der Waals surface area contributed by atoms with Crippen molar-refractivity contribution in [1.82, 2.24) is 4.91 Å². The van der Waals surface area contributed by atoms with Crippen molar-refractivity contribution in [3.8, 4) is 0 Å². The average Bonchev–Trinajstić information content (AvgIpc) is 2.63. The first-order chi connectivity index (χ1) is 12.1. The number of anilines is 1. The summed E-state index contributed by atoms with van der Waals surface area (Å²) >= 11 is 5.00. The van der Waals surface area contributed by atoms with Gasteiger partial charge >= 0.3 is 11.9 Å². The van der Waals surface area contributed by atoms with Gasteiger partial charge in [0.25, 0.3) is 5.11 Å². The quantitative estimate of drug-likeness (QED) is 0.393. The van der Waals surface area contributed by atoms with Crippen molar-refractivity contribution in [3.63, 3.8) is 0 Å². The molecule has 0 aliphatic heterocycles. The first-order valence-corrected chi connectivity index (χ1v) is 7.80. The zero-order chi connectivity index (χ0) is 18.1. The summed E-state index contributed by atoms with van der Waals surface area (Å²) in [6.45, 7) is 2.05. The number of thiocarbonyl (C=S) groups is 1. The standard InChI is InChI=1S/C17H14N4O3S/c1-2-24-16(23)13-8-10-14(11-9-13)18-17(25)20-21-19-15(22)12-6-4-3-5-7-12/h3-11H,2H2,1H3/p+1. The van der Waals surface area contributed by atoms with E-state index in [2.05, 4.69) is 20.5 Å². The Morgan fingerprint density at radius 3 is 2.36 bits per heavy atom. The lowest BCUT2D eigenvalue weighted by atomic mass is 10.2. The average molecular weight is 355 g/mol. The SMILES string of the molecule is CCOC(=O)c1ccc(NC(=S)N=[N+]=NC(=O)c2ccccc2)cc1. The highest BCUT2D eigenvalue weighted by atomic mass is 32.1. The summed E-state index contributed by atoms with van der Waals surface area (Å²) in [5.41, 5.74) is 1.46. The molecule has 2 rings (SSSR count). The van der Waals surface area contributed by atoms with Gasteiger partial charge in [0.1, 0.15) is 0 Å². The van der Waals surface area contributed by atoms with E-state index in [9.17, 15) is 9.59 Å². The zero-order valence-electron chi connectivity index (χ0n) is 13.4. The number of rotatable bonds is 4. The lowest BCUT2D eigenvalue weighted by Crippen LogP contribution is -2.07. The number of carbonyl (C=O) groups is 2. The highest BCUT2D eigenvalue weighted by Crippen LogP contribution is 2.11. The lowest BCUT2D eigenvalue weighted by molar-refractivity contribution is 0.0526. The van der Waals surface area contributed by atoms with Gasteiger partial charge in [-0.25, -0.2) is 4.79 Å². The van der Waals surface area contributed by atoms with Gasteiger partial charge in [0, 0.05) is 11.3 Å². The Kier molecular flexibility index (Phi) is 6.65. The lowest BCUT2D eigenvalue weighted by Gasteiger charge is -2.03. The summed E-state index contributed by atoms with van der Waals surface area (Å²) in [4.78, 5) is 26.7. The number of carbonyl (C=O) groups excluding carboxylic acids is 2. The second kappa shape index (κ2) is 9.17. The molecule has 0 atom stereocenters. The number of ether oxygens (including phenoxy) is 1. The monoisotopic (exact) mass is 355 g/mol. The van der Waals surface area contributed by atoms with Crippen molar-refractivity contribution < 1.29 is 14.3 Å². The van der Waals surface area contributed by atoms with Crippen LogP contribution in [0.25, 0.3) is 0 Å². The van der Waals surface area contributed by atoms with E-state index in [1.54, 1.807) is 61.5 Å². The molecular formula is C17H15N4O3S+. The van der Waals surface area contributed by atoms with E-state index in [0.29, 0.717) is 23.4 Å². The Bertz CT molecular complexity index is 829. The fourth-order valence-corrected chi connectivity index (χ4v) is 1.95. The maximum Gasteiger partial charge on any atom is 0.360 e. The first-order valence-electron chi connectivity index (χ1n) is 7.39. The van der Waals surface area contributed by atoms with Crippen LogP contribution in [0.4, 0.5) is 5.69 Å². The maximum absolute atomic E-state index is 11.7. The van der Waals surface area contributed by atoms with E-state index in [0.717, 1.165) is 0 Å². The molecule has 0 aliphatic rings. The minimum absolute atomic E-state index is 0.0356. The molecule has 2 aromatic rings. The number of hydrogen-bond acceptors (Lipinski definition) is 4. The van der Waals surface area contributed by atoms with E-state index >= 15 is 0 Å². The molecule has 0 fully saturated rings. The topological polar surface area (TPSA) is 94.2 Å². The molecule has 2 aromatic carbocycles. The molecule has 25 heavy (non-hydrogen) atoms. The third-order valence-corrected chi connectivity index (χ3v) is 3.12. The van der Waals surface area contributed by atoms with Crippen LogP contribution in [0.3, 0.4) is 0 Å². The number of benzene rings is 2. The summed E-state index contributed by atoms with van der Waals surface area (Å²) in [7, 11) is 0. The van der Waals surface area contributed by atoms with Crippen LogP contribution in [-0.2, 0) is 4.74 Å². The summed E-state index contributed by atoms with van der Waals surface area (Å²) in [5.74, 6) is -0.902. The van der Waals surface area contributed by atoms with Gasteiger partial charge in [0.15, 0.2) is 5.11 Å². The van der Waals surface area contributed by atoms with E-state index in [1.807, 2.05) is 0 Å². The van der Waals surface area contributed by atoms with Crippen LogP contribution in [0, 0.1) is 0 Å². The third-order valence-electron chi connectivity index (χ3n) is 2.94. The van der Waals surface area contributed by atoms with E-state index in [-0.39, 0.29) is 5.11 Å². The Hall–Kier alpha value is -3.22. The van der Waals surface area contributed by atoms with Crippen LogP contribution in [0.2, 0.25) is 0 Å². The Labute approximate surface area is 149 Å². The number of esters is 1. The van der Waals surface area contributed by atoms with E-state index < -0.39 is 11.9 Å². The molecule has 0 bridgehead atoms. The number of hydrogen-bond donors (Lipinski definition) is 1. The molecule has 0 aromatic heterocycles. The predicted octanol–water partition coefficient (Wildman–Crippen LogP) is 3.37. The summed E-state index contributed by atoms with van der Waals surface area (Å²) in [6, 6.07) is 15.0. The van der Waals surface area contributed by atoms with E-state index in [1.165, 1.54) is 0 Å². The molecule has 0 spiro atoms. The first kappa shape index (κ1) is 18.1. The van der Waals surface area contributed by atoms with Gasteiger partial charge in [-0.2, -0.15) is 0 Å². The summed E-state index contributed by atoms with van der Waals surface area (Å²) in [6.07, 6.45) is 0. The Morgan fingerprint density at radius 2 is 1.72 bits per heavy atom. The largest absolute Gasteiger partial charge is 0.462 e. The predicted molar refractivity (Wildman–Crippen MR) is 96.4 cm³/mol. The van der Waals surface area contributed by atoms with Crippen LogP contribution >= 0.6 is 12.2 Å². The van der Waals surface area contributed by atoms with Gasteiger partial charge in [0.2, 0.25) is 10.0 Å². The van der Waals surface area contributed by atoms with Crippen molar-refractivity contribution in [3.05, 3.63) is 65.7 Å². The molecule has 0 heterocycles. The highest BCUT2D eigenvalue weighted by molar-refractivity contribution is 7.80. The second-order valence-corrected chi connectivity index (χ2v) is 5.08. The van der Waals surface area contributed by atoms with Crippen molar-refractivity contribution in [2.75, 3.05) is 11.9 Å².